The molecule has 2 aromatic heterocycles. The van der Waals surface area contributed by atoms with E-state index in [9.17, 15) is 9.59 Å². The number of benzene rings is 2. The van der Waals surface area contributed by atoms with Crippen molar-refractivity contribution in [1.82, 2.24) is 14.9 Å². The Bertz CT molecular complexity index is 1250. The molecule has 156 valence electrons. The molecule has 0 unspecified atom stereocenters. The highest BCUT2D eigenvalue weighted by Crippen LogP contribution is 2.23. The van der Waals surface area contributed by atoms with Gasteiger partial charge in [0.1, 0.15) is 0 Å². The van der Waals surface area contributed by atoms with Crippen LogP contribution < -0.4 is 5.32 Å². The first kappa shape index (κ1) is 20.6. The number of hydrogen-bond donors (Lipinski definition) is 2. The third-order valence-electron chi connectivity index (χ3n) is 5.16. The summed E-state index contributed by atoms with van der Waals surface area (Å²) in [7, 11) is 0. The minimum atomic E-state index is -0.981. The molecule has 0 saturated heterocycles. The normalized spacial score (nSPS) is 11.9. The Balaban J connectivity index is 1.59. The molecule has 1 atom stereocenters. The summed E-state index contributed by atoms with van der Waals surface area (Å²) in [4.78, 5) is 28.5. The topological polar surface area (TPSA) is 84.2 Å². The van der Waals surface area contributed by atoms with E-state index in [1.807, 2.05) is 42.0 Å². The van der Waals surface area contributed by atoms with E-state index in [0.717, 1.165) is 22.2 Å². The number of nitrogens with one attached hydrogen (secondary N) is 1. The van der Waals surface area contributed by atoms with Gasteiger partial charge in [0.2, 0.25) is 0 Å². The largest absolute Gasteiger partial charge is 0.478 e. The Labute approximate surface area is 184 Å². The van der Waals surface area contributed by atoms with Crippen LogP contribution in [0.3, 0.4) is 0 Å². The van der Waals surface area contributed by atoms with Crippen LogP contribution in [0.2, 0.25) is 5.02 Å². The lowest BCUT2D eigenvalue weighted by Gasteiger charge is -2.16. The summed E-state index contributed by atoms with van der Waals surface area (Å²) in [5.74, 6) is -1.18. The number of rotatable bonds is 6. The number of pyridine rings is 1. The van der Waals surface area contributed by atoms with Gasteiger partial charge in [-0.1, -0.05) is 35.9 Å². The number of fused-ring (bicyclic) bond motifs is 1. The van der Waals surface area contributed by atoms with Crippen molar-refractivity contribution in [3.8, 4) is 0 Å². The van der Waals surface area contributed by atoms with E-state index >= 15 is 0 Å². The Kier molecular flexibility index (Phi) is 5.73. The van der Waals surface area contributed by atoms with Crippen molar-refractivity contribution in [2.24, 2.45) is 0 Å². The molecule has 6 nitrogen and oxygen atoms in total. The molecule has 0 fully saturated rings. The monoisotopic (exact) mass is 433 g/mol. The van der Waals surface area contributed by atoms with Crippen LogP contribution in [0.4, 0.5) is 0 Å². The molecule has 0 aliphatic carbocycles. The standard InChI is InChI=1S/C24H20ClN3O3/c1-15(16-5-7-18(8-6-16)24(30)31)27-23(29)21-4-2-3-17-11-12-28(22(17)21)14-20-10-9-19(25)13-26-20/h2-13,15H,14H2,1H3,(H,27,29)(H,30,31)/t15-/m0/s1. The lowest BCUT2D eigenvalue weighted by molar-refractivity contribution is 0.0696. The maximum absolute atomic E-state index is 13.1. The Morgan fingerprint density at radius 1 is 1.10 bits per heavy atom. The molecule has 2 N–H and O–H groups in total. The maximum Gasteiger partial charge on any atom is 0.335 e. The van der Waals surface area contributed by atoms with Crippen LogP contribution in [0.15, 0.2) is 73.1 Å². The molecule has 4 rings (SSSR count). The molecule has 0 radical (unpaired) electrons. The predicted molar refractivity (Wildman–Crippen MR) is 120 cm³/mol. The second kappa shape index (κ2) is 8.62. The first-order chi connectivity index (χ1) is 14.9. The number of nitrogens with zero attached hydrogens (tertiary/aromatic N) is 2. The highest BCUT2D eigenvalue weighted by molar-refractivity contribution is 6.30. The zero-order chi connectivity index (χ0) is 22.0. The van der Waals surface area contributed by atoms with Crippen molar-refractivity contribution in [2.45, 2.75) is 19.5 Å². The number of carboxylic acids is 1. The van der Waals surface area contributed by atoms with Gasteiger partial charge in [0.05, 0.1) is 39.9 Å². The van der Waals surface area contributed by atoms with Gasteiger partial charge in [-0.15, -0.1) is 0 Å². The highest BCUT2D eigenvalue weighted by atomic mass is 35.5. The molecule has 2 heterocycles. The van der Waals surface area contributed by atoms with Gasteiger partial charge in [-0.25, -0.2) is 4.79 Å². The second-order valence-electron chi connectivity index (χ2n) is 7.28. The van der Waals surface area contributed by atoms with Crippen molar-refractivity contribution >= 4 is 34.4 Å². The zero-order valence-electron chi connectivity index (χ0n) is 16.7. The van der Waals surface area contributed by atoms with E-state index in [-0.39, 0.29) is 17.5 Å². The Morgan fingerprint density at radius 3 is 2.55 bits per heavy atom. The summed E-state index contributed by atoms with van der Waals surface area (Å²) in [5, 5.41) is 13.6. The second-order valence-corrected chi connectivity index (χ2v) is 7.71. The number of hydrogen-bond acceptors (Lipinski definition) is 3. The lowest BCUT2D eigenvalue weighted by Crippen LogP contribution is -2.27. The van der Waals surface area contributed by atoms with E-state index < -0.39 is 5.97 Å². The quantitative estimate of drug-likeness (QED) is 0.451. The minimum absolute atomic E-state index is 0.204. The Morgan fingerprint density at radius 2 is 1.87 bits per heavy atom. The SMILES string of the molecule is C[C@H](NC(=O)c1cccc2ccn(Cc3ccc(Cl)cn3)c12)c1ccc(C(=O)O)cc1. The van der Waals surface area contributed by atoms with E-state index in [2.05, 4.69) is 10.3 Å². The van der Waals surface area contributed by atoms with Crippen LogP contribution in [0.5, 0.6) is 0 Å². The molecular weight excluding hydrogens is 414 g/mol. The summed E-state index contributed by atoms with van der Waals surface area (Å²) in [6.45, 7) is 2.38. The fraction of sp³-hybridized carbons (Fsp3) is 0.125. The van der Waals surface area contributed by atoms with E-state index in [1.54, 1.807) is 30.5 Å². The van der Waals surface area contributed by atoms with Gasteiger partial charge in [-0.2, -0.15) is 0 Å². The fourth-order valence-corrected chi connectivity index (χ4v) is 3.63. The number of aromatic carboxylic acids is 1. The average Bonchev–Trinajstić information content (AvgIpc) is 3.18. The average molecular weight is 434 g/mol. The molecule has 2 aromatic carbocycles. The van der Waals surface area contributed by atoms with Gasteiger partial charge in [0.25, 0.3) is 5.91 Å². The van der Waals surface area contributed by atoms with Crippen molar-refractivity contribution in [2.75, 3.05) is 0 Å². The summed E-state index contributed by atoms with van der Waals surface area (Å²) < 4.78 is 1.99. The first-order valence-electron chi connectivity index (χ1n) is 9.75. The molecule has 31 heavy (non-hydrogen) atoms. The number of halogens is 1. The van der Waals surface area contributed by atoms with E-state index in [1.165, 1.54) is 12.1 Å². The van der Waals surface area contributed by atoms with Gasteiger partial charge >= 0.3 is 5.97 Å². The maximum atomic E-state index is 13.1. The summed E-state index contributed by atoms with van der Waals surface area (Å²) in [6, 6.07) is 17.4. The van der Waals surface area contributed by atoms with Gasteiger partial charge in [-0.3, -0.25) is 9.78 Å². The summed E-state index contributed by atoms with van der Waals surface area (Å²) in [6.07, 6.45) is 3.54. The number of carbonyl (C=O) groups excluding carboxylic acids is 1. The molecule has 0 spiro atoms. The van der Waals surface area contributed by atoms with Crippen LogP contribution in [0.25, 0.3) is 10.9 Å². The van der Waals surface area contributed by atoms with Crippen LogP contribution in [0, 0.1) is 0 Å². The number of para-hydroxylation sites is 1. The third kappa shape index (κ3) is 4.44. The minimum Gasteiger partial charge on any atom is -0.478 e. The molecule has 0 aliphatic rings. The Hall–Kier alpha value is -3.64. The van der Waals surface area contributed by atoms with Crippen LogP contribution in [0.1, 0.15) is 44.9 Å². The highest BCUT2D eigenvalue weighted by Gasteiger charge is 2.17. The summed E-state index contributed by atoms with van der Waals surface area (Å²) in [5.41, 5.74) is 3.26. The van der Waals surface area contributed by atoms with Crippen molar-refractivity contribution < 1.29 is 14.7 Å². The molecule has 0 bridgehead atoms. The molecule has 1 amide bonds. The number of carboxylic acid groups (broad SMARTS) is 1. The van der Waals surface area contributed by atoms with Crippen molar-refractivity contribution in [3.05, 3.63) is 100 Å². The van der Waals surface area contributed by atoms with Gasteiger partial charge in [-0.05, 0) is 48.9 Å². The smallest absolute Gasteiger partial charge is 0.335 e. The van der Waals surface area contributed by atoms with Crippen molar-refractivity contribution in [3.63, 3.8) is 0 Å². The van der Waals surface area contributed by atoms with Gasteiger partial charge < -0.3 is 15.0 Å². The number of amides is 1. The molecule has 7 heteroatoms. The first-order valence-corrected chi connectivity index (χ1v) is 10.1. The molecular formula is C24H20ClN3O3. The number of aromatic nitrogens is 2. The number of carbonyl (C=O) groups is 2. The van der Waals surface area contributed by atoms with E-state index in [0.29, 0.717) is 17.1 Å². The zero-order valence-corrected chi connectivity index (χ0v) is 17.5. The van der Waals surface area contributed by atoms with Gasteiger partial charge in [0.15, 0.2) is 0 Å². The fourth-order valence-electron chi connectivity index (χ4n) is 3.52. The third-order valence-corrected chi connectivity index (χ3v) is 5.38. The van der Waals surface area contributed by atoms with Crippen LogP contribution >= 0.6 is 11.6 Å². The molecule has 0 saturated carbocycles. The van der Waals surface area contributed by atoms with Crippen LogP contribution in [-0.4, -0.2) is 26.5 Å². The van der Waals surface area contributed by atoms with Crippen molar-refractivity contribution in [1.29, 1.82) is 0 Å². The predicted octanol–water partition coefficient (Wildman–Crippen LogP) is 4.93. The van der Waals surface area contributed by atoms with Crippen LogP contribution in [-0.2, 0) is 6.54 Å². The lowest BCUT2D eigenvalue weighted by atomic mass is 10.0. The molecule has 0 aliphatic heterocycles. The van der Waals surface area contributed by atoms with Gasteiger partial charge in [0, 0.05) is 17.8 Å². The van der Waals surface area contributed by atoms with E-state index in [4.69, 9.17) is 16.7 Å². The summed E-state index contributed by atoms with van der Waals surface area (Å²) >= 11 is 5.93. The molecule has 4 aromatic rings.